The third-order valence-corrected chi connectivity index (χ3v) is 3.56. The van der Waals surface area contributed by atoms with Crippen LogP contribution in [0.5, 0.6) is 0 Å². The molecule has 0 aliphatic heterocycles. The van der Waals surface area contributed by atoms with Crippen molar-refractivity contribution in [1.29, 1.82) is 0 Å². The molecule has 0 saturated carbocycles. The van der Waals surface area contributed by atoms with E-state index in [9.17, 15) is 0 Å². The Bertz CT molecular complexity index is 579. The van der Waals surface area contributed by atoms with Crippen LogP contribution in [0.15, 0.2) is 30.3 Å². The van der Waals surface area contributed by atoms with Crippen LogP contribution >= 0.6 is 12.2 Å². The van der Waals surface area contributed by atoms with Crippen LogP contribution in [-0.2, 0) is 5.41 Å². The van der Waals surface area contributed by atoms with E-state index in [-0.39, 0.29) is 5.41 Å². The van der Waals surface area contributed by atoms with E-state index >= 15 is 0 Å². The topological polar surface area (TPSA) is 33.6 Å². The Morgan fingerprint density at radius 2 is 1.83 bits per heavy atom. The van der Waals surface area contributed by atoms with Crippen LogP contribution < -0.4 is 0 Å². The number of benzene rings is 1. The molecule has 1 aromatic carbocycles. The summed E-state index contributed by atoms with van der Waals surface area (Å²) in [6, 6.07) is 10.7. The average molecular weight is 261 g/mol. The van der Waals surface area contributed by atoms with Gasteiger partial charge in [0.2, 0.25) is 0 Å². The zero-order valence-electron chi connectivity index (χ0n) is 11.3. The van der Waals surface area contributed by atoms with Gasteiger partial charge in [0.15, 0.2) is 4.77 Å². The third-order valence-electron chi connectivity index (χ3n) is 3.28. The largest absolute Gasteiger partial charge is 0.301 e. The molecule has 0 fully saturated rings. The minimum absolute atomic E-state index is 0.168. The number of nitrogens with zero attached hydrogens (tertiary/aromatic N) is 2. The molecule has 2 rings (SSSR count). The average Bonchev–Trinajstić information content (AvgIpc) is 2.73. The molecule has 0 radical (unpaired) electrons. The van der Waals surface area contributed by atoms with Gasteiger partial charge in [0, 0.05) is 11.5 Å². The number of rotatable bonds is 3. The Labute approximate surface area is 113 Å². The molecule has 0 aliphatic rings. The van der Waals surface area contributed by atoms with E-state index in [1.54, 1.807) is 0 Å². The highest BCUT2D eigenvalue weighted by molar-refractivity contribution is 7.71. The lowest BCUT2D eigenvalue weighted by Crippen LogP contribution is -2.25. The maximum Gasteiger partial charge on any atom is 0.195 e. The second-order valence-corrected chi connectivity index (χ2v) is 5.69. The van der Waals surface area contributed by atoms with E-state index in [0.29, 0.717) is 10.8 Å². The summed E-state index contributed by atoms with van der Waals surface area (Å²) >= 11 is 5.31. The molecule has 1 N–H and O–H groups in total. The molecule has 0 spiro atoms. The molecule has 0 saturated heterocycles. The summed E-state index contributed by atoms with van der Waals surface area (Å²) in [6.45, 7) is 8.59. The van der Waals surface area contributed by atoms with Gasteiger partial charge in [-0.05, 0) is 45.5 Å². The summed E-state index contributed by atoms with van der Waals surface area (Å²) in [6.07, 6.45) is 0. The van der Waals surface area contributed by atoms with Crippen molar-refractivity contribution in [3.8, 4) is 0 Å². The zero-order valence-corrected chi connectivity index (χ0v) is 12.1. The quantitative estimate of drug-likeness (QED) is 0.851. The van der Waals surface area contributed by atoms with Crippen molar-refractivity contribution >= 4 is 12.2 Å². The fourth-order valence-electron chi connectivity index (χ4n) is 2.21. The predicted octanol–water partition coefficient (Wildman–Crippen LogP) is 3.85. The van der Waals surface area contributed by atoms with Gasteiger partial charge in [-0.15, -0.1) is 0 Å². The molecular formula is C14H19N3S. The van der Waals surface area contributed by atoms with E-state index in [4.69, 9.17) is 12.2 Å². The Balaban J connectivity index is 2.58. The van der Waals surface area contributed by atoms with Crippen molar-refractivity contribution in [1.82, 2.24) is 14.8 Å². The predicted molar refractivity (Wildman–Crippen MR) is 76.4 cm³/mol. The molecule has 0 aliphatic carbocycles. The van der Waals surface area contributed by atoms with Crippen LogP contribution in [0, 0.1) is 4.77 Å². The SMILES string of the molecule is CC(C)n1c(C(C)(C)c2ccccc2)n[nH]c1=S. The zero-order chi connectivity index (χ0) is 13.3. The summed E-state index contributed by atoms with van der Waals surface area (Å²) in [5, 5.41) is 7.34. The smallest absolute Gasteiger partial charge is 0.195 e. The Morgan fingerprint density at radius 1 is 1.22 bits per heavy atom. The summed E-state index contributed by atoms with van der Waals surface area (Å²) in [4.78, 5) is 0. The van der Waals surface area contributed by atoms with Crippen molar-refractivity contribution in [2.45, 2.75) is 39.2 Å². The summed E-state index contributed by atoms with van der Waals surface area (Å²) in [5.74, 6) is 0.980. The number of hydrogen-bond donors (Lipinski definition) is 1. The molecule has 4 heteroatoms. The molecule has 0 bridgehead atoms. The monoisotopic (exact) mass is 261 g/mol. The van der Waals surface area contributed by atoms with Gasteiger partial charge in [-0.25, -0.2) is 0 Å². The lowest BCUT2D eigenvalue weighted by atomic mass is 9.83. The van der Waals surface area contributed by atoms with Crippen molar-refractivity contribution < 1.29 is 0 Å². The van der Waals surface area contributed by atoms with E-state index in [2.05, 4.69) is 66.7 Å². The van der Waals surface area contributed by atoms with Crippen LogP contribution in [0.3, 0.4) is 0 Å². The molecule has 1 heterocycles. The minimum Gasteiger partial charge on any atom is -0.301 e. The summed E-state index contributed by atoms with van der Waals surface area (Å²) < 4.78 is 2.77. The molecule has 0 amide bonds. The maximum absolute atomic E-state index is 5.31. The normalized spacial score (nSPS) is 12.1. The molecule has 0 atom stereocenters. The van der Waals surface area contributed by atoms with Crippen LogP contribution in [0.2, 0.25) is 0 Å². The second kappa shape index (κ2) is 4.69. The van der Waals surface area contributed by atoms with Gasteiger partial charge in [0.25, 0.3) is 0 Å². The maximum atomic E-state index is 5.31. The van der Waals surface area contributed by atoms with E-state index in [0.717, 1.165) is 5.82 Å². The Morgan fingerprint density at radius 3 is 2.39 bits per heavy atom. The number of nitrogens with one attached hydrogen (secondary N) is 1. The standard InChI is InChI=1S/C14H19N3S/c1-10(2)17-12(15-16-13(17)18)14(3,4)11-8-6-5-7-9-11/h5-10H,1-4H3,(H,16,18). The second-order valence-electron chi connectivity index (χ2n) is 5.31. The van der Waals surface area contributed by atoms with Gasteiger partial charge in [-0.2, -0.15) is 5.10 Å². The highest BCUT2D eigenvalue weighted by Gasteiger charge is 2.29. The lowest BCUT2D eigenvalue weighted by Gasteiger charge is -2.26. The first-order valence-electron chi connectivity index (χ1n) is 6.17. The summed E-state index contributed by atoms with van der Waals surface area (Å²) in [7, 11) is 0. The van der Waals surface area contributed by atoms with Crippen molar-refractivity contribution in [2.75, 3.05) is 0 Å². The lowest BCUT2D eigenvalue weighted by molar-refractivity contribution is 0.489. The first-order valence-corrected chi connectivity index (χ1v) is 6.58. The molecule has 3 nitrogen and oxygen atoms in total. The number of aromatic amines is 1. The van der Waals surface area contributed by atoms with Gasteiger partial charge < -0.3 is 4.57 Å². The van der Waals surface area contributed by atoms with E-state index in [1.165, 1.54) is 5.56 Å². The number of H-pyrrole nitrogens is 1. The van der Waals surface area contributed by atoms with E-state index < -0.39 is 0 Å². The molecule has 96 valence electrons. The van der Waals surface area contributed by atoms with Crippen LogP contribution in [0.4, 0.5) is 0 Å². The number of hydrogen-bond acceptors (Lipinski definition) is 2. The summed E-state index contributed by atoms with van der Waals surface area (Å²) in [5.41, 5.74) is 1.07. The van der Waals surface area contributed by atoms with Crippen molar-refractivity contribution in [2.24, 2.45) is 0 Å². The van der Waals surface area contributed by atoms with Crippen molar-refractivity contribution in [3.63, 3.8) is 0 Å². The van der Waals surface area contributed by atoms with Gasteiger partial charge in [0.1, 0.15) is 5.82 Å². The molecule has 18 heavy (non-hydrogen) atoms. The van der Waals surface area contributed by atoms with E-state index in [1.807, 2.05) is 6.07 Å². The van der Waals surface area contributed by atoms with Gasteiger partial charge in [-0.1, -0.05) is 30.3 Å². The van der Waals surface area contributed by atoms with Gasteiger partial charge in [-0.3, -0.25) is 5.10 Å². The Hall–Kier alpha value is -1.42. The van der Waals surface area contributed by atoms with Crippen molar-refractivity contribution in [3.05, 3.63) is 46.5 Å². The van der Waals surface area contributed by atoms with Gasteiger partial charge >= 0.3 is 0 Å². The number of aromatic nitrogens is 3. The van der Waals surface area contributed by atoms with Gasteiger partial charge in [0.05, 0.1) is 0 Å². The van der Waals surface area contributed by atoms with Crippen LogP contribution in [-0.4, -0.2) is 14.8 Å². The molecule has 1 aromatic heterocycles. The first kappa shape index (κ1) is 13.0. The first-order chi connectivity index (χ1) is 8.44. The minimum atomic E-state index is -0.168. The molecular weight excluding hydrogens is 242 g/mol. The molecule has 2 aromatic rings. The fraction of sp³-hybridized carbons (Fsp3) is 0.429. The third kappa shape index (κ3) is 2.12. The Kier molecular flexibility index (Phi) is 3.39. The highest BCUT2D eigenvalue weighted by atomic mass is 32.1. The fourth-order valence-corrected chi connectivity index (χ4v) is 2.55. The van der Waals surface area contributed by atoms with Crippen LogP contribution in [0.25, 0.3) is 0 Å². The molecule has 0 unspecified atom stereocenters. The highest BCUT2D eigenvalue weighted by Crippen LogP contribution is 2.31. The van der Waals surface area contributed by atoms with Crippen LogP contribution in [0.1, 0.15) is 45.1 Å².